The third-order valence-corrected chi connectivity index (χ3v) is 8.84. The molecule has 0 aliphatic carbocycles. The molecule has 9 aromatic rings. The van der Waals surface area contributed by atoms with Crippen LogP contribution in [0, 0.1) is 0 Å². The molecular weight excluding hydrogens is 520 g/mol. The number of rotatable bonds is 3. The lowest BCUT2D eigenvalue weighted by Gasteiger charge is -2.19. The van der Waals surface area contributed by atoms with E-state index in [1.54, 1.807) is 0 Å². The number of furan rings is 1. The molecule has 0 saturated heterocycles. The average molecular weight is 547 g/mol. The Balaban J connectivity index is 1.40. The Bertz CT molecular complexity index is 2440. The van der Waals surface area contributed by atoms with E-state index in [1.807, 2.05) is 12.1 Å². The molecule has 9 rings (SSSR count). The monoisotopic (exact) mass is 546 g/mol. The number of para-hydroxylation sites is 1. The highest BCUT2D eigenvalue weighted by molar-refractivity contribution is 6.24. The molecule has 1 heteroatoms. The molecule has 1 nitrogen and oxygen atoms in total. The Morgan fingerprint density at radius 1 is 0.302 bits per heavy atom. The fraction of sp³-hybridized carbons (Fsp3) is 0. The number of hydrogen-bond acceptors (Lipinski definition) is 1. The van der Waals surface area contributed by atoms with Crippen LogP contribution >= 0.6 is 0 Å². The topological polar surface area (TPSA) is 13.1 Å². The molecule has 0 unspecified atom stereocenters. The highest BCUT2D eigenvalue weighted by Crippen LogP contribution is 2.47. The molecule has 0 aliphatic heterocycles. The Morgan fingerprint density at radius 3 is 1.58 bits per heavy atom. The van der Waals surface area contributed by atoms with Crippen molar-refractivity contribution in [1.29, 1.82) is 0 Å². The normalized spacial score (nSPS) is 11.7. The lowest BCUT2D eigenvalue weighted by atomic mass is 9.83. The molecule has 200 valence electrons. The average Bonchev–Trinajstić information content (AvgIpc) is 3.45. The number of hydrogen-bond donors (Lipinski definition) is 0. The first-order chi connectivity index (χ1) is 21.3. The van der Waals surface area contributed by atoms with E-state index in [-0.39, 0.29) is 0 Å². The van der Waals surface area contributed by atoms with E-state index < -0.39 is 0 Å². The summed E-state index contributed by atoms with van der Waals surface area (Å²) in [5, 5.41) is 9.80. The van der Waals surface area contributed by atoms with E-state index in [9.17, 15) is 0 Å². The van der Waals surface area contributed by atoms with Gasteiger partial charge in [-0.2, -0.15) is 0 Å². The fourth-order valence-corrected chi connectivity index (χ4v) is 6.93. The van der Waals surface area contributed by atoms with Crippen LogP contribution in [0.2, 0.25) is 0 Å². The van der Waals surface area contributed by atoms with Crippen molar-refractivity contribution in [2.24, 2.45) is 0 Å². The SMILES string of the molecule is c1ccc(-c2cc(-c3c4ccccc4c(-c4ccc5oc6ccccc6c5c4)c4ccccc34)c3ccccc3c2)cc1. The Hall–Kier alpha value is -5.66. The van der Waals surface area contributed by atoms with Gasteiger partial charge in [-0.1, -0.05) is 127 Å². The van der Waals surface area contributed by atoms with Crippen molar-refractivity contribution in [3.63, 3.8) is 0 Å². The van der Waals surface area contributed by atoms with Crippen molar-refractivity contribution < 1.29 is 4.42 Å². The molecule has 0 amide bonds. The molecule has 0 spiro atoms. The molecule has 0 N–H and O–H groups in total. The van der Waals surface area contributed by atoms with Crippen molar-refractivity contribution in [1.82, 2.24) is 0 Å². The van der Waals surface area contributed by atoms with Gasteiger partial charge in [0.1, 0.15) is 11.2 Å². The minimum Gasteiger partial charge on any atom is -0.456 e. The zero-order chi connectivity index (χ0) is 28.3. The summed E-state index contributed by atoms with van der Waals surface area (Å²) in [7, 11) is 0. The zero-order valence-corrected chi connectivity index (χ0v) is 23.4. The van der Waals surface area contributed by atoms with Crippen molar-refractivity contribution >= 4 is 54.3 Å². The van der Waals surface area contributed by atoms with Crippen LogP contribution in [0.1, 0.15) is 0 Å². The lowest BCUT2D eigenvalue weighted by Crippen LogP contribution is -1.92. The highest BCUT2D eigenvalue weighted by Gasteiger charge is 2.19. The van der Waals surface area contributed by atoms with Crippen molar-refractivity contribution in [2.45, 2.75) is 0 Å². The summed E-state index contributed by atoms with van der Waals surface area (Å²) in [6.07, 6.45) is 0. The van der Waals surface area contributed by atoms with Crippen molar-refractivity contribution in [3.8, 4) is 33.4 Å². The molecular formula is C42H26O. The fourth-order valence-electron chi connectivity index (χ4n) is 6.93. The second kappa shape index (κ2) is 9.44. The van der Waals surface area contributed by atoms with Crippen LogP contribution < -0.4 is 0 Å². The molecule has 0 bridgehead atoms. The molecule has 0 atom stereocenters. The summed E-state index contributed by atoms with van der Waals surface area (Å²) in [4.78, 5) is 0. The van der Waals surface area contributed by atoms with Gasteiger partial charge in [0.15, 0.2) is 0 Å². The summed E-state index contributed by atoms with van der Waals surface area (Å²) in [6.45, 7) is 0. The molecule has 8 aromatic carbocycles. The molecule has 1 heterocycles. The number of benzene rings is 8. The van der Waals surface area contributed by atoms with Crippen LogP contribution in [0.5, 0.6) is 0 Å². The van der Waals surface area contributed by atoms with Gasteiger partial charge >= 0.3 is 0 Å². The Labute approximate surface area is 249 Å². The van der Waals surface area contributed by atoms with Crippen LogP contribution in [-0.2, 0) is 0 Å². The van der Waals surface area contributed by atoms with Gasteiger partial charge in [0.25, 0.3) is 0 Å². The summed E-state index contributed by atoms with van der Waals surface area (Å²) in [5.74, 6) is 0. The maximum atomic E-state index is 6.18. The van der Waals surface area contributed by atoms with Crippen LogP contribution in [0.3, 0.4) is 0 Å². The maximum absolute atomic E-state index is 6.18. The first-order valence-electron chi connectivity index (χ1n) is 14.8. The summed E-state index contributed by atoms with van der Waals surface area (Å²) in [5.41, 5.74) is 9.27. The van der Waals surface area contributed by atoms with Gasteiger partial charge in [0.2, 0.25) is 0 Å². The minimum absolute atomic E-state index is 0.916. The summed E-state index contributed by atoms with van der Waals surface area (Å²) in [6, 6.07) is 56.9. The van der Waals surface area contributed by atoms with Crippen LogP contribution in [-0.4, -0.2) is 0 Å². The highest BCUT2D eigenvalue weighted by atomic mass is 16.3. The van der Waals surface area contributed by atoms with Crippen molar-refractivity contribution in [2.75, 3.05) is 0 Å². The lowest BCUT2D eigenvalue weighted by molar-refractivity contribution is 0.669. The van der Waals surface area contributed by atoms with E-state index in [0.717, 1.165) is 21.9 Å². The van der Waals surface area contributed by atoms with E-state index in [2.05, 4.69) is 146 Å². The zero-order valence-electron chi connectivity index (χ0n) is 23.4. The van der Waals surface area contributed by atoms with Crippen molar-refractivity contribution in [3.05, 3.63) is 158 Å². The van der Waals surface area contributed by atoms with Gasteiger partial charge in [-0.15, -0.1) is 0 Å². The van der Waals surface area contributed by atoms with E-state index in [0.29, 0.717) is 0 Å². The number of fused-ring (bicyclic) bond motifs is 6. The molecule has 1 aromatic heterocycles. The smallest absolute Gasteiger partial charge is 0.135 e. The van der Waals surface area contributed by atoms with Gasteiger partial charge in [-0.3, -0.25) is 0 Å². The predicted octanol–water partition coefficient (Wildman–Crippen LogP) is 12.0. The molecule has 43 heavy (non-hydrogen) atoms. The van der Waals surface area contributed by atoms with E-state index in [1.165, 1.54) is 65.7 Å². The quantitative estimate of drug-likeness (QED) is 0.201. The van der Waals surface area contributed by atoms with Gasteiger partial charge in [0, 0.05) is 10.8 Å². The molecule has 0 radical (unpaired) electrons. The minimum atomic E-state index is 0.916. The van der Waals surface area contributed by atoms with Gasteiger partial charge in [0.05, 0.1) is 0 Å². The molecule has 0 saturated carbocycles. The first kappa shape index (κ1) is 24.0. The Morgan fingerprint density at radius 2 is 0.860 bits per heavy atom. The largest absolute Gasteiger partial charge is 0.456 e. The van der Waals surface area contributed by atoms with Crippen LogP contribution in [0.4, 0.5) is 0 Å². The second-order valence-corrected chi connectivity index (χ2v) is 11.3. The van der Waals surface area contributed by atoms with Crippen LogP contribution in [0.15, 0.2) is 162 Å². The van der Waals surface area contributed by atoms with Gasteiger partial charge in [-0.05, 0) is 96.0 Å². The third kappa shape index (κ3) is 3.72. The van der Waals surface area contributed by atoms with Gasteiger partial charge < -0.3 is 4.42 Å². The second-order valence-electron chi connectivity index (χ2n) is 11.3. The maximum Gasteiger partial charge on any atom is 0.135 e. The van der Waals surface area contributed by atoms with Crippen LogP contribution in [0.25, 0.3) is 87.6 Å². The van der Waals surface area contributed by atoms with Gasteiger partial charge in [-0.25, -0.2) is 0 Å². The van der Waals surface area contributed by atoms with E-state index in [4.69, 9.17) is 4.42 Å². The first-order valence-corrected chi connectivity index (χ1v) is 14.8. The predicted molar refractivity (Wildman–Crippen MR) is 183 cm³/mol. The third-order valence-electron chi connectivity index (χ3n) is 8.84. The Kier molecular flexibility index (Phi) is 5.27. The summed E-state index contributed by atoms with van der Waals surface area (Å²) >= 11 is 0. The molecule has 0 aliphatic rings. The standard InChI is InChI=1S/C42H26O/c1-2-12-27(13-3-1)30-24-28-14-4-5-15-31(28)38(26-30)42-35-19-8-6-17-33(35)41(34-18-7-9-20-36(34)42)29-22-23-40-37(25-29)32-16-10-11-21-39(32)43-40/h1-26H. The van der Waals surface area contributed by atoms with E-state index >= 15 is 0 Å². The summed E-state index contributed by atoms with van der Waals surface area (Å²) < 4.78 is 6.18. The molecule has 0 fully saturated rings.